The average Bonchev–Trinajstić information content (AvgIpc) is 3.17. The van der Waals surface area contributed by atoms with E-state index in [1.54, 1.807) is 6.92 Å². The summed E-state index contributed by atoms with van der Waals surface area (Å²) in [6.45, 7) is -1.35. The summed E-state index contributed by atoms with van der Waals surface area (Å²) in [6, 6.07) is 6.89. The largest absolute Gasteiger partial charge is 0.465 e. The number of aliphatic imine (C=N–C) groups is 1. The number of furan rings is 1. The molecule has 0 radical (unpaired) electrons. The van der Waals surface area contributed by atoms with Crippen molar-refractivity contribution in [1.29, 1.82) is 0 Å². The van der Waals surface area contributed by atoms with Crippen LogP contribution in [0.4, 0.5) is 8.78 Å². The lowest BCUT2D eigenvalue weighted by Gasteiger charge is -2.04. The van der Waals surface area contributed by atoms with Crippen molar-refractivity contribution in [3.8, 4) is 5.75 Å². The number of benzene rings is 1. The number of methoxy groups -OCH3 is 1. The highest BCUT2D eigenvalue weighted by Gasteiger charge is 2.25. The molecule has 0 bridgehead atoms. The maximum atomic E-state index is 12.2. The van der Waals surface area contributed by atoms with Gasteiger partial charge in [-0.25, -0.2) is 14.6 Å². The molecule has 0 aliphatic carbocycles. The van der Waals surface area contributed by atoms with E-state index in [-0.39, 0.29) is 28.7 Å². The van der Waals surface area contributed by atoms with Gasteiger partial charge in [0.2, 0.25) is 5.90 Å². The predicted molar refractivity (Wildman–Crippen MR) is 88.5 cm³/mol. The Hall–Kier alpha value is -3.49. The lowest BCUT2D eigenvalue weighted by Crippen LogP contribution is -2.06. The molecule has 7 nitrogen and oxygen atoms in total. The fourth-order valence-electron chi connectivity index (χ4n) is 2.34. The molecule has 0 amide bonds. The van der Waals surface area contributed by atoms with Gasteiger partial charge in [0.25, 0.3) is 0 Å². The van der Waals surface area contributed by atoms with Gasteiger partial charge in [-0.05, 0) is 37.3 Å². The molecule has 1 aliphatic rings. The van der Waals surface area contributed by atoms with Gasteiger partial charge in [-0.1, -0.05) is 0 Å². The normalized spacial score (nSPS) is 15.1. The Morgan fingerprint density at radius 2 is 1.96 bits per heavy atom. The van der Waals surface area contributed by atoms with Gasteiger partial charge >= 0.3 is 18.6 Å². The minimum absolute atomic E-state index is 0.00585. The zero-order valence-electron chi connectivity index (χ0n) is 14.2. The summed E-state index contributed by atoms with van der Waals surface area (Å²) in [5.74, 6) is -0.747. The van der Waals surface area contributed by atoms with Gasteiger partial charge in [0.05, 0.1) is 7.11 Å². The molecule has 140 valence electrons. The highest BCUT2D eigenvalue weighted by atomic mass is 19.3. The molecule has 0 saturated heterocycles. The van der Waals surface area contributed by atoms with Crippen LogP contribution in [0.25, 0.3) is 6.08 Å². The van der Waals surface area contributed by atoms with Crippen molar-refractivity contribution in [1.82, 2.24) is 0 Å². The third-order valence-electron chi connectivity index (χ3n) is 3.57. The van der Waals surface area contributed by atoms with Crippen molar-refractivity contribution >= 4 is 23.9 Å². The molecule has 0 atom stereocenters. The van der Waals surface area contributed by atoms with Crippen LogP contribution in [0.1, 0.15) is 27.4 Å². The van der Waals surface area contributed by atoms with Crippen LogP contribution >= 0.6 is 0 Å². The van der Waals surface area contributed by atoms with Gasteiger partial charge in [0.15, 0.2) is 5.70 Å². The van der Waals surface area contributed by atoms with Gasteiger partial charge in [-0.2, -0.15) is 8.78 Å². The molecule has 2 aromatic rings. The monoisotopic (exact) mass is 377 g/mol. The van der Waals surface area contributed by atoms with Crippen molar-refractivity contribution in [3.05, 3.63) is 58.7 Å². The van der Waals surface area contributed by atoms with E-state index in [1.807, 2.05) is 0 Å². The van der Waals surface area contributed by atoms with E-state index in [2.05, 4.69) is 14.5 Å². The van der Waals surface area contributed by atoms with Gasteiger partial charge in [-0.15, -0.1) is 0 Å². The first-order valence-corrected chi connectivity index (χ1v) is 7.64. The SMILES string of the molecule is COC(=O)c1cc(/C=C2\N=C(c3ccc(OC(F)F)cc3)OC2=O)oc1C. The van der Waals surface area contributed by atoms with Crippen LogP contribution in [0, 0.1) is 6.92 Å². The quantitative estimate of drug-likeness (QED) is 0.587. The average molecular weight is 377 g/mol. The number of halogens is 2. The van der Waals surface area contributed by atoms with E-state index in [9.17, 15) is 18.4 Å². The van der Waals surface area contributed by atoms with Crippen LogP contribution in [-0.4, -0.2) is 31.6 Å². The Labute approximate surface area is 151 Å². The van der Waals surface area contributed by atoms with Crippen LogP contribution in [0.5, 0.6) is 5.75 Å². The Kier molecular flexibility index (Phi) is 5.02. The fraction of sp³-hybridized carbons (Fsp3) is 0.167. The first-order chi connectivity index (χ1) is 12.9. The highest BCUT2D eigenvalue weighted by molar-refractivity contribution is 6.12. The summed E-state index contributed by atoms with van der Waals surface area (Å²) >= 11 is 0. The number of esters is 2. The number of carbonyl (C=O) groups excluding carboxylic acids is 2. The number of alkyl halides is 2. The summed E-state index contributed by atoms with van der Waals surface area (Å²) < 4.78 is 43.7. The third-order valence-corrected chi connectivity index (χ3v) is 3.57. The van der Waals surface area contributed by atoms with Gasteiger partial charge < -0.3 is 18.6 Å². The molecular formula is C18H13F2NO6. The van der Waals surface area contributed by atoms with Crippen LogP contribution in [0.2, 0.25) is 0 Å². The van der Waals surface area contributed by atoms with Gasteiger partial charge in [-0.3, -0.25) is 0 Å². The zero-order chi connectivity index (χ0) is 19.6. The Morgan fingerprint density at radius 1 is 1.26 bits per heavy atom. The number of ether oxygens (including phenoxy) is 3. The van der Waals surface area contributed by atoms with Crippen LogP contribution in [0.15, 0.2) is 45.4 Å². The maximum Gasteiger partial charge on any atom is 0.387 e. The number of aryl methyl sites for hydroxylation is 1. The number of hydrogen-bond acceptors (Lipinski definition) is 7. The number of nitrogens with zero attached hydrogens (tertiary/aromatic N) is 1. The molecule has 9 heteroatoms. The number of cyclic esters (lactones) is 1. The second-order valence-corrected chi connectivity index (χ2v) is 5.35. The smallest absolute Gasteiger partial charge is 0.387 e. The lowest BCUT2D eigenvalue weighted by molar-refractivity contribution is -0.129. The van der Waals surface area contributed by atoms with Gasteiger partial charge in [0, 0.05) is 11.6 Å². The highest BCUT2D eigenvalue weighted by Crippen LogP contribution is 2.23. The summed E-state index contributed by atoms with van der Waals surface area (Å²) in [6.07, 6.45) is 1.32. The molecular weight excluding hydrogens is 364 g/mol. The van der Waals surface area contributed by atoms with Gasteiger partial charge in [0.1, 0.15) is 22.8 Å². The molecule has 0 spiro atoms. The maximum absolute atomic E-state index is 12.2. The van der Waals surface area contributed by atoms with Crippen LogP contribution in [0.3, 0.4) is 0 Å². The summed E-state index contributed by atoms with van der Waals surface area (Å²) in [5.41, 5.74) is 0.594. The van der Waals surface area contributed by atoms with Crippen LogP contribution in [-0.2, 0) is 14.3 Å². The summed E-state index contributed by atoms with van der Waals surface area (Å²) in [5, 5.41) is 0. The fourth-order valence-corrected chi connectivity index (χ4v) is 2.34. The minimum Gasteiger partial charge on any atom is -0.465 e. The number of hydrogen-bond donors (Lipinski definition) is 0. The Morgan fingerprint density at radius 3 is 2.59 bits per heavy atom. The Bertz CT molecular complexity index is 943. The van der Waals surface area contributed by atoms with E-state index in [0.717, 1.165) is 0 Å². The molecule has 0 N–H and O–H groups in total. The Balaban J connectivity index is 1.84. The van der Waals surface area contributed by atoms with E-state index in [1.165, 1.54) is 43.5 Å². The second-order valence-electron chi connectivity index (χ2n) is 5.35. The molecule has 0 unspecified atom stereocenters. The third kappa shape index (κ3) is 4.02. The predicted octanol–water partition coefficient (Wildman–Crippen LogP) is 3.32. The summed E-state index contributed by atoms with van der Waals surface area (Å²) in [7, 11) is 1.25. The number of rotatable bonds is 5. The topological polar surface area (TPSA) is 87.3 Å². The summed E-state index contributed by atoms with van der Waals surface area (Å²) in [4.78, 5) is 27.7. The van der Waals surface area contributed by atoms with E-state index < -0.39 is 18.6 Å². The van der Waals surface area contributed by atoms with Crippen molar-refractivity contribution < 1.29 is 37.0 Å². The minimum atomic E-state index is -2.93. The number of carbonyl (C=O) groups is 2. The van der Waals surface area contributed by atoms with Crippen molar-refractivity contribution in [3.63, 3.8) is 0 Å². The van der Waals surface area contributed by atoms with Crippen molar-refractivity contribution in [2.75, 3.05) is 7.11 Å². The van der Waals surface area contributed by atoms with E-state index in [4.69, 9.17) is 9.15 Å². The molecule has 1 aromatic heterocycles. The van der Waals surface area contributed by atoms with Crippen molar-refractivity contribution in [2.24, 2.45) is 4.99 Å². The molecule has 27 heavy (non-hydrogen) atoms. The van der Waals surface area contributed by atoms with Crippen LogP contribution < -0.4 is 4.74 Å². The first-order valence-electron chi connectivity index (χ1n) is 7.64. The lowest BCUT2D eigenvalue weighted by atomic mass is 10.2. The molecule has 0 saturated carbocycles. The zero-order valence-corrected chi connectivity index (χ0v) is 14.2. The molecule has 1 aliphatic heterocycles. The molecule has 2 heterocycles. The van der Waals surface area contributed by atoms with E-state index in [0.29, 0.717) is 11.3 Å². The first kappa shape index (κ1) is 18.3. The standard InChI is InChI=1S/C18H13F2NO6/c1-9-13(16(22)24-2)7-12(25-9)8-14-17(23)27-15(21-14)10-3-5-11(6-4-10)26-18(19)20/h3-8,18H,1-2H3/b14-8-. The molecule has 0 fully saturated rings. The molecule has 1 aromatic carbocycles. The molecule has 3 rings (SSSR count). The van der Waals surface area contributed by atoms with Crippen molar-refractivity contribution in [2.45, 2.75) is 13.5 Å². The van der Waals surface area contributed by atoms with E-state index >= 15 is 0 Å². The second kappa shape index (κ2) is 7.40.